The second kappa shape index (κ2) is 5.66. The number of aromatic hydroxyl groups is 1. The van der Waals surface area contributed by atoms with Crippen LogP contribution in [-0.2, 0) is 6.54 Å². The van der Waals surface area contributed by atoms with Gasteiger partial charge in [0.2, 0.25) is 5.75 Å². The molecule has 1 amide bonds. The highest BCUT2D eigenvalue weighted by atomic mass is 19.1. The normalized spacial score (nSPS) is 21.5. The zero-order valence-corrected chi connectivity index (χ0v) is 13.6. The Hall–Kier alpha value is -2.74. The molecule has 2 N–H and O–H groups in total. The van der Waals surface area contributed by atoms with E-state index >= 15 is 0 Å². The summed E-state index contributed by atoms with van der Waals surface area (Å²) < 4.78 is 14.8. The van der Waals surface area contributed by atoms with E-state index in [9.17, 15) is 19.1 Å². The first kappa shape index (κ1) is 15.8. The summed E-state index contributed by atoms with van der Waals surface area (Å²) >= 11 is 0. The van der Waals surface area contributed by atoms with E-state index in [1.165, 1.54) is 12.1 Å². The molecule has 2 aliphatic rings. The Kier molecular flexibility index (Phi) is 3.57. The molecule has 0 aliphatic carbocycles. The molecule has 130 valence electrons. The first-order chi connectivity index (χ1) is 12.0. The first-order valence-corrected chi connectivity index (χ1v) is 8.06. The third-order valence-electron chi connectivity index (χ3n) is 4.87. The Bertz CT molecular complexity index is 909. The number of rotatable bonds is 3. The highest BCUT2D eigenvalue weighted by Crippen LogP contribution is 2.39. The zero-order chi connectivity index (χ0) is 17.7. The minimum absolute atomic E-state index is 0.00823. The molecular weight excluding hydrogens is 327 g/mol. The molecule has 0 bridgehead atoms. The summed E-state index contributed by atoms with van der Waals surface area (Å²) in [6.07, 6.45) is 0.673. The molecule has 2 atom stereocenters. The second-order valence-electron chi connectivity index (χ2n) is 6.39. The maximum Gasteiger partial charge on any atom is 0.315 e. The molecule has 2 aliphatic heterocycles. The van der Waals surface area contributed by atoms with Gasteiger partial charge in [0.1, 0.15) is 11.6 Å². The lowest BCUT2D eigenvalue weighted by molar-refractivity contribution is 0.0649. The van der Waals surface area contributed by atoms with Crippen LogP contribution in [0.3, 0.4) is 0 Å². The van der Waals surface area contributed by atoms with Gasteiger partial charge >= 0.3 is 5.56 Å². The van der Waals surface area contributed by atoms with Crippen molar-refractivity contribution in [2.75, 3.05) is 13.6 Å². The summed E-state index contributed by atoms with van der Waals surface area (Å²) in [5.74, 6) is -0.887. The molecule has 3 heterocycles. The Morgan fingerprint density at radius 1 is 1.32 bits per heavy atom. The number of carbonyl (C=O) groups is 1. The van der Waals surface area contributed by atoms with E-state index in [-0.39, 0.29) is 30.1 Å². The average molecular weight is 344 g/mol. The van der Waals surface area contributed by atoms with E-state index in [4.69, 9.17) is 0 Å². The van der Waals surface area contributed by atoms with Crippen LogP contribution in [0.1, 0.15) is 40.4 Å². The zero-order valence-electron chi connectivity index (χ0n) is 13.6. The summed E-state index contributed by atoms with van der Waals surface area (Å²) in [7, 11) is 1.77. The van der Waals surface area contributed by atoms with Crippen LogP contribution in [0.15, 0.2) is 29.1 Å². The van der Waals surface area contributed by atoms with Crippen LogP contribution in [0.25, 0.3) is 0 Å². The van der Waals surface area contributed by atoms with Crippen LogP contribution < -0.4 is 10.9 Å². The van der Waals surface area contributed by atoms with Gasteiger partial charge in [-0.1, -0.05) is 12.1 Å². The smallest absolute Gasteiger partial charge is 0.315 e. The van der Waals surface area contributed by atoms with Gasteiger partial charge in [0.25, 0.3) is 5.91 Å². The first-order valence-electron chi connectivity index (χ1n) is 8.06. The Morgan fingerprint density at radius 2 is 2.04 bits per heavy atom. The summed E-state index contributed by atoms with van der Waals surface area (Å²) in [6, 6.07) is 5.71. The molecule has 7 nitrogen and oxygen atoms in total. The quantitative estimate of drug-likeness (QED) is 0.866. The SMILES string of the molecule is CN[C@@H]1C[C@H]2CN(Cc3ccc(F)cc3)C(=O)c3c(O)c(=O)nc1n32. The summed E-state index contributed by atoms with van der Waals surface area (Å²) in [5.41, 5.74) is -0.0206. The van der Waals surface area contributed by atoms with E-state index in [2.05, 4.69) is 10.3 Å². The predicted octanol–water partition coefficient (Wildman–Crippen LogP) is 0.949. The molecule has 8 heteroatoms. The number of hydrogen-bond donors (Lipinski definition) is 2. The Balaban J connectivity index is 1.75. The predicted molar refractivity (Wildman–Crippen MR) is 86.8 cm³/mol. The molecule has 0 unspecified atom stereocenters. The van der Waals surface area contributed by atoms with Crippen molar-refractivity contribution < 1.29 is 14.3 Å². The van der Waals surface area contributed by atoms with E-state index in [1.54, 1.807) is 28.6 Å². The highest BCUT2D eigenvalue weighted by Gasteiger charge is 2.42. The number of amides is 1. The number of nitrogens with zero attached hydrogens (tertiary/aromatic N) is 3. The second-order valence-corrected chi connectivity index (χ2v) is 6.39. The van der Waals surface area contributed by atoms with Gasteiger partial charge in [0.15, 0.2) is 5.69 Å². The van der Waals surface area contributed by atoms with Gasteiger partial charge in [0, 0.05) is 13.1 Å². The number of halogens is 1. The molecule has 25 heavy (non-hydrogen) atoms. The van der Waals surface area contributed by atoms with E-state index in [0.717, 1.165) is 5.56 Å². The van der Waals surface area contributed by atoms with E-state index < -0.39 is 17.2 Å². The third kappa shape index (κ3) is 2.41. The van der Waals surface area contributed by atoms with Gasteiger partial charge in [-0.15, -0.1) is 0 Å². The van der Waals surface area contributed by atoms with Crippen molar-refractivity contribution in [3.8, 4) is 5.75 Å². The van der Waals surface area contributed by atoms with Crippen molar-refractivity contribution in [2.45, 2.75) is 25.0 Å². The van der Waals surface area contributed by atoms with Crippen LogP contribution in [-0.4, -0.2) is 39.1 Å². The molecule has 1 aromatic carbocycles. The monoisotopic (exact) mass is 344 g/mol. The summed E-state index contributed by atoms with van der Waals surface area (Å²) in [5, 5.41) is 13.2. The van der Waals surface area contributed by atoms with Gasteiger partial charge in [-0.2, -0.15) is 4.98 Å². The van der Waals surface area contributed by atoms with Crippen LogP contribution >= 0.6 is 0 Å². The van der Waals surface area contributed by atoms with Crippen LogP contribution in [0.5, 0.6) is 5.75 Å². The molecule has 1 aromatic heterocycles. The molecule has 0 radical (unpaired) electrons. The van der Waals surface area contributed by atoms with Gasteiger partial charge in [-0.25, -0.2) is 4.39 Å². The van der Waals surface area contributed by atoms with E-state index in [1.807, 2.05) is 0 Å². The summed E-state index contributed by atoms with van der Waals surface area (Å²) in [6.45, 7) is 0.726. The number of benzene rings is 1. The van der Waals surface area contributed by atoms with Crippen molar-refractivity contribution in [2.24, 2.45) is 0 Å². The fourth-order valence-corrected chi connectivity index (χ4v) is 3.68. The lowest BCUT2D eigenvalue weighted by atomic mass is 10.1. The van der Waals surface area contributed by atoms with Crippen molar-refractivity contribution in [1.29, 1.82) is 0 Å². The topological polar surface area (TPSA) is 87.5 Å². The largest absolute Gasteiger partial charge is 0.501 e. The number of carbonyl (C=O) groups excluding carboxylic acids is 1. The fourth-order valence-electron chi connectivity index (χ4n) is 3.68. The van der Waals surface area contributed by atoms with Crippen LogP contribution in [0.2, 0.25) is 0 Å². The molecule has 0 spiro atoms. The minimum Gasteiger partial charge on any atom is -0.501 e. The van der Waals surface area contributed by atoms with Gasteiger partial charge < -0.3 is 19.9 Å². The number of hydrogen-bond acceptors (Lipinski definition) is 5. The molecule has 0 fully saturated rings. The lowest BCUT2D eigenvalue weighted by Gasteiger charge is -2.33. The number of aromatic nitrogens is 2. The van der Waals surface area contributed by atoms with Crippen molar-refractivity contribution in [1.82, 2.24) is 19.8 Å². The van der Waals surface area contributed by atoms with Crippen LogP contribution in [0, 0.1) is 5.82 Å². The standard InChI is InChI=1S/C17H17FN4O3/c1-19-12-6-11-8-21(7-9-2-4-10(18)5-3-9)17(25)13-14(23)16(24)20-15(12)22(11)13/h2-5,11-12,19,23H,6-8H2,1H3/t11-,12+/m0/s1. The van der Waals surface area contributed by atoms with Crippen molar-refractivity contribution in [3.05, 3.63) is 57.5 Å². The Labute approximate surface area is 142 Å². The Morgan fingerprint density at radius 3 is 2.72 bits per heavy atom. The molecule has 4 rings (SSSR count). The van der Waals surface area contributed by atoms with E-state index in [0.29, 0.717) is 18.8 Å². The van der Waals surface area contributed by atoms with Gasteiger partial charge in [-0.05, 0) is 31.2 Å². The number of nitrogens with one attached hydrogen (secondary N) is 1. The van der Waals surface area contributed by atoms with Crippen molar-refractivity contribution in [3.63, 3.8) is 0 Å². The summed E-state index contributed by atoms with van der Waals surface area (Å²) in [4.78, 5) is 30.4. The maximum atomic E-state index is 13.1. The van der Waals surface area contributed by atoms with Crippen LogP contribution in [0.4, 0.5) is 4.39 Å². The fraction of sp³-hybridized carbons (Fsp3) is 0.353. The lowest BCUT2D eigenvalue weighted by Crippen LogP contribution is -2.43. The van der Waals surface area contributed by atoms with Gasteiger partial charge in [-0.3, -0.25) is 9.59 Å². The maximum absolute atomic E-state index is 13.1. The molecule has 2 aromatic rings. The molecular formula is C17H17FN4O3. The highest BCUT2D eigenvalue weighted by molar-refractivity contribution is 5.96. The van der Waals surface area contributed by atoms with Crippen molar-refractivity contribution >= 4 is 5.91 Å². The molecule has 0 saturated carbocycles. The minimum atomic E-state index is -0.792. The van der Waals surface area contributed by atoms with Gasteiger partial charge in [0.05, 0.1) is 12.1 Å². The average Bonchev–Trinajstić information content (AvgIpc) is 2.94. The third-order valence-corrected chi connectivity index (χ3v) is 4.87. The molecule has 0 saturated heterocycles.